The highest BCUT2D eigenvalue weighted by atomic mass is 79.9. The number of unbranched alkanes of at least 4 members (excludes halogenated alkanes) is 2. The van der Waals surface area contributed by atoms with E-state index in [1.54, 1.807) is 7.05 Å². The van der Waals surface area contributed by atoms with Crippen LogP contribution in [0.4, 0.5) is 4.39 Å². The first-order chi connectivity index (χ1) is 9.68. The Labute approximate surface area is 132 Å². The van der Waals surface area contributed by atoms with Gasteiger partial charge in [-0.15, -0.1) is 0 Å². The highest BCUT2D eigenvalue weighted by Gasteiger charge is 2.21. The Balaban J connectivity index is 3.09. The second-order valence-electron chi connectivity index (χ2n) is 4.75. The van der Waals surface area contributed by atoms with Crippen molar-refractivity contribution in [2.45, 2.75) is 31.1 Å². The van der Waals surface area contributed by atoms with E-state index < -0.39 is 26.6 Å². The van der Waals surface area contributed by atoms with Crippen molar-refractivity contribution in [2.75, 3.05) is 13.6 Å². The van der Waals surface area contributed by atoms with Gasteiger partial charge in [0.05, 0.1) is 9.37 Å². The van der Waals surface area contributed by atoms with Crippen molar-refractivity contribution in [3.63, 3.8) is 0 Å². The fraction of sp³-hybridized carbons (Fsp3) is 0.462. The fourth-order valence-corrected chi connectivity index (χ4v) is 3.36. The fourth-order valence-electron chi connectivity index (χ4n) is 1.82. The van der Waals surface area contributed by atoms with Crippen LogP contribution in [0.1, 0.15) is 36.5 Å². The second-order valence-corrected chi connectivity index (χ2v) is 7.07. The summed E-state index contributed by atoms with van der Waals surface area (Å²) in [5.41, 5.74) is -0.0428. The van der Waals surface area contributed by atoms with Crippen LogP contribution in [-0.2, 0) is 10.0 Å². The van der Waals surface area contributed by atoms with Crippen molar-refractivity contribution in [1.29, 1.82) is 0 Å². The van der Waals surface area contributed by atoms with Crippen molar-refractivity contribution in [3.05, 3.63) is 28.0 Å². The Hall–Kier alpha value is -0.990. The van der Waals surface area contributed by atoms with Crippen LogP contribution in [0.5, 0.6) is 0 Å². The van der Waals surface area contributed by atoms with Gasteiger partial charge in [-0.05, 0) is 34.5 Å². The van der Waals surface area contributed by atoms with Crippen molar-refractivity contribution in [2.24, 2.45) is 5.14 Å². The number of hydrogen-bond acceptors (Lipinski definition) is 3. The maximum atomic E-state index is 13.8. The summed E-state index contributed by atoms with van der Waals surface area (Å²) in [5, 5.41) is 5.02. The average Bonchev–Trinajstić information content (AvgIpc) is 2.39. The molecule has 0 heterocycles. The van der Waals surface area contributed by atoms with Gasteiger partial charge in [-0.2, -0.15) is 0 Å². The summed E-state index contributed by atoms with van der Waals surface area (Å²) in [4.78, 5) is 13.2. The van der Waals surface area contributed by atoms with E-state index in [0.717, 1.165) is 31.4 Å². The van der Waals surface area contributed by atoms with Crippen LogP contribution in [-0.4, -0.2) is 32.8 Å². The molecule has 0 atom stereocenters. The molecule has 2 N–H and O–H groups in total. The molecule has 0 saturated heterocycles. The Morgan fingerprint density at radius 2 is 2.00 bits per heavy atom. The van der Waals surface area contributed by atoms with E-state index in [4.69, 9.17) is 5.14 Å². The Morgan fingerprint density at radius 3 is 2.52 bits per heavy atom. The van der Waals surface area contributed by atoms with Gasteiger partial charge in [0.2, 0.25) is 10.0 Å². The van der Waals surface area contributed by atoms with Crippen molar-refractivity contribution < 1.29 is 17.6 Å². The summed E-state index contributed by atoms with van der Waals surface area (Å²) < 4.78 is 36.3. The van der Waals surface area contributed by atoms with E-state index in [9.17, 15) is 17.6 Å². The number of nitrogens with two attached hydrogens (primary N) is 1. The molecule has 0 unspecified atom stereocenters. The number of primary sulfonamides is 1. The number of sulfonamides is 1. The summed E-state index contributed by atoms with van der Waals surface area (Å²) in [6.45, 7) is 2.57. The van der Waals surface area contributed by atoms with Gasteiger partial charge in [0.15, 0.2) is 0 Å². The number of benzene rings is 1. The molecule has 0 saturated carbocycles. The topological polar surface area (TPSA) is 80.5 Å². The molecule has 0 bridgehead atoms. The summed E-state index contributed by atoms with van der Waals surface area (Å²) >= 11 is 2.83. The van der Waals surface area contributed by atoms with Crippen LogP contribution < -0.4 is 5.14 Å². The largest absolute Gasteiger partial charge is 0.342 e. The van der Waals surface area contributed by atoms with Crippen molar-refractivity contribution in [3.8, 4) is 0 Å². The van der Waals surface area contributed by atoms with Crippen LogP contribution in [0.3, 0.4) is 0 Å². The van der Waals surface area contributed by atoms with E-state index in [2.05, 4.69) is 15.9 Å². The number of hydrogen-bond donors (Lipinski definition) is 1. The zero-order valence-corrected chi connectivity index (χ0v) is 14.3. The summed E-state index contributed by atoms with van der Waals surface area (Å²) in [6.07, 6.45) is 2.83. The molecule has 0 aliphatic carbocycles. The molecule has 1 rings (SSSR count). The quantitative estimate of drug-likeness (QED) is 0.769. The molecule has 0 radical (unpaired) electrons. The predicted molar refractivity (Wildman–Crippen MR) is 82.0 cm³/mol. The molecular weight excluding hydrogens is 363 g/mol. The smallest absolute Gasteiger partial charge is 0.253 e. The second kappa shape index (κ2) is 7.33. The molecule has 0 spiro atoms. The highest BCUT2D eigenvalue weighted by molar-refractivity contribution is 9.10. The van der Waals surface area contributed by atoms with Crippen LogP contribution in [0.2, 0.25) is 0 Å². The molecule has 1 amide bonds. The zero-order valence-electron chi connectivity index (χ0n) is 11.9. The normalized spacial score (nSPS) is 11.5. The maximum Gasteiger partial charge on any atom is 0.253 e. The molecule has 8 heteroatoms. The van der Waals surface area contributed by atoms with Crippen LogP contribution in [0.15, 0.2) is 21.5 Å². The molecule has 5 nitrogen and oxygen atoms in total. The van der Waals surface area contributed by atoms with Crippen LogP contribution >= 0.6 is 15.9 Å². The number of carbonyl (C=O) groups is 1. The lowest BCUT2D eigenvalue weighted by atomic mass is 10.2. The van der Waals surface area contributed by atoms with Gasteiger partial charge >= 0.3 is 0 Å². The Bertz CT molecular complexity index is 635. The van der Waals surface area contributed by atoms with Crippen molar-refractivity contribution >= 4 is 31.9 Å². The standard InChI is InChI=1S/C13H18BrFN2O3S/c1-3-4-5-6-17(2)13(18)9-7-10(15)12(14)11(8-9)21(16,19)20/h7-8H,3-6H2,1-2H3,(H2,16,19,20). The monoisotopic (exact) mass is 380 g/mol. The number of nitrogens with zero attached hydrogens (tertiary/aromatic N) is 1. The van der Waals surface area contributed by atoms with Gasteiger partial charge in [-0.25, -0.2) is 17.9 Å². The molecule has 0 aliphatic heterocycles. The van der Waals surface area contributed by atoms with Gasteiger partial charge in [0.1, 0.15) is 5.82 Å². The summed E-state index contributed by atoms with van der Waals surface area (Å²) in [6, 6.07) is 2.08. The highest BCUT2D eigenvalue weighted by Crippen LogP contribution is 2.26. The minimum atomic E-state index is -4.12. The lowest BCUT2D eigenvalue weighted by Gasteiger charge is -2.17. The Morgan fingerprint density at radius 1 is 1.38 bits per heavy atom. The Kier molecular flexibility index (Phi) is 6.30. The number of carbonyl (C=O) groups excluding carboxylic acids is 1. The molecular formula is C13H18BrFN2O3S. The third-order valence-electron chi connectivity index (χ3n) is 2.99. The molecule has 0 aliphatic rings. The summed E-state index contributed by atoms with van der Waals surface area (Å²) in [5.74, 6) is -1.28. The third kappa shape index (κ3) is 4.76. The van der Waals surface area contributed by atoms with Gasteiger partial charge in [-0.3, -0.25) is 4.79 Å². The van der Waals surface area contributed by atoms with Gasteiger partial charge in [0, 0.05) is 19.2 Å². The van der Waals surface area contributed by atoms with E-state index >= 15 is 0 Å². The lowest BCUT2D eigenvalue weighted by Crippen LogP contribution is -2.28. The van der Waals surface area contributed by atoms with Crippen molar-refractivity contribution in [1.82, 2.24) is 4.90 Å². The predicted octanol–water partition coefficient (Wildman–Crippen LogP) is 2.50. The number of amides is 1. The average molecular weight is 381 g/mol. The van der Waals surface area contributed by atoms with Gasteiger partial charge < -0.3 is 4.90 Å². The first-order valence-corrected chi connectivity index (χ1v) is 8.79. The minimum Gasteiger partial charge on any atom is -0.342 e. The third-order valence-corrected chi connectivity index (χ3v) is 5.00. The SMILES string of the molecule is CCCCCN(C)C(=O)c1cc(F)c(Br)c(S(N)(=O)=O)c1. The molecule has 1 aromatic carbocycles. The number of rotatable bonds is 6. The van der Waals surface area contributed by atoms with E-state index in [1.807, 2.05) is 6.92 Å². The first kappa shape index (κ1) is 18.1. The first-order valence-electron chi connectivity index (χ1n) is 6.45. The maximum absolute atomic E-state index is 13.8. The molecule has 1 aromatic rings. The molecule has 0 aromatic heterocycles. The zero-order chi connectivity index (χ0) is 16.2. The van der Waals surface area contributed by atoms with E-state index in [-0.39, 0.29) is 10.0 Å². The van der Waals surface area contributed by atoms with E-state index in [1.165, 1.54) is 4.90 Å². The van der Waals surface area contributed by atoms with Gasteiger partial charge in [0.25, 0.3) is 5.91 Å². The molecule has 0 fully saturated rings. The lowest BCUT2D eigenvalue weighted by molar-refractivity contribution is 0.0792. The minimum absolute atomic E-state index is 0.0428. The summed E-state index contributed by atoms with van der Waals surface area (Å²) in [7, 11) is -2.52. The van der Waals surface area contributed by atoms with E-state index in [0.29, 0.717) is 6.54 Å². The van der Waals surface area contributed by atoms with Gasteiger partial charge in [-0.1, -0.05) is 19.8 Å². The molecule has 21 heavy (non-hydrogen) atoms. The van der Waals surface area contributed by atoms with Crippen LogP contribution in [0, 0.1) is 5.82 Å². The number of halogens is 2. The molecule has 118 valence electrons. The van der Waals surface area contributed by atoms with Crippen LogP contribution in [0.25, 0.3) is 0 Å².